The lowest BCUT2D eigenvalue weighted by Crippen LogP contribution is -2.15. The van der Waals surface area contributed by atoms with Crippen LogP contribution in [0.25, 0.3) is 11.0 Å². The molecule has 162 valence electrons. The number of carbonyl (C=O) groups is 2. The first-order valence-electron chi connectivity index (χ1n) is 10.3. The molecule has 32 heavy (non-hydrogen) atoms. The predicted molar refractivity (Wildman–Crippen MR) is 125 cm³/mol. The predicted octanol–water partition coefficient (Wildman–Crippen LogP) is 5.49. The van der Waals surface area contributed by atoms with E-state index in [1.54, 1.807) is 61.9 Å². The van der Waals surface area contributed by atoms with E-state index < -0.39 is 0 Å². The Morgan fingerprint density at radius 3 is 2.19 bits per heavy atom. The Morgan fingerprint density at radius 1 is 0.875 bits per heavy atom. The first-order valence-corrected chi connectivity index (χ1v) is 10.3. The summed E-state index contributed by atoms with van der Waals surface area (Å²) in [6.07, 6.45) is 1.84. The van der Waals surface area contributed by atoms with Gasteiger partial charge in [0.05, 0.1) is 19.8 Å². The van der Waals surface area contributed by atoms with Crippen molar-refractivity contribution >= 4 is 34.2 Å². The van der Waals surface area contributed by atoms with Gasteiger partial charge in [-0.3, -0.25) is 9.59 Å². The third-order valence-corrected chi connectivity index (χ3v) is 5.40. The van der Waals surface area contributed by atoms with Gasteiger partial charge in [-0.05, 0) is 85.6 Å². The molecule has 0 fully saturated rings. The summed E-state index contributed by atoms with van der Waals surface area (Å²) in [4.78, 5) is 25.0. The Hall–Kier alpha value is -4.06. The maximum Gasteiger partial charge on any atom is 0.255 e. The zero-order chi connectivity index (χ0) is 22.7. The lowest BCUT2D eigenvalue weighted by Gasteiger charge is -2.08. The van der Waals surface area contributed by atoms with Crippen molar-refractivity contribution < 1.29 is 18.7 Å². The number of ether oxygens (including phenoxy) is 1. The molecule has 2 N–H and O–H groups in total. The molecule has 0 atom stereocenters. The third kappa shape index (κ3) is 4.64. The van der Waals surface area contributed by atoms with Crippen LogP contribution in [0.5, 0.6) is 5.75 Å². The van der Waals surface area contributed by atoms with Crippen molar-refractivity contribution in [2.75, 3.05) is 17.7 Å². The lowest BCUT2D eigenvalue weighted by molar-refractivity contribution is -0.115. The smallest absolute Gasteiger partial charge is 0.255 e. The number of furan rings is 1. The largest absolute Gasteiger partial charge is 0.497 e. The van der Waals surface area contributed by atoms with E-state index in [9.17, 15) is 9.59 Å². The Balaban J connectivity index is 1.38. The number of aryl methyl sites for hydroxylation is 2. The minimum Gasteiger partial charge on any atom is -0.497 e. The minimum absolute atomic E-state index is 0.152. The highest BCUT2D eigenvalue weighted by Crippen LogP contribution is 2.25. The molecule has 6 nitrogen and oxygen atoms in total. The van der Waals surface area contributed by atoms with Crippen LogP contribution in [0.15, 0.2) is 71.3 Å². The van der Waals surface area contributed by atoms with Crippen molar-refractivity contribution in [1.29, 1.82) is 0 Å². The molecule has 2 amide bonds. The molecule has 0 saturated carbocycles. The molecule has 4 aromatic rings. The van der Waals surface area contributed by atoms with Crippen LogP contribution in [0.4, 0.5) is 11.4 Å². The molecule has 0 unspecified atom stereocenters. The van der Waals surface area contributed by atoms with Gasteiger partial charge in [0.25, 0.3) is 5.91 Å². The standard InChI is InChI=1S/C26H24N2O4/c1-16-12-23-19(15-32-24(23)13-17(16)2)14-25(29)27-20-6-4-18(5-7-20)26(30)28-21-8-10-22(31-3)11-9-21/h4-13,15H,14H2,1-3H3,(H,27,29)(H,28,30). The summed E-state index contributed by atoms with van der Waals surface area (Å²) in [6, 6.07) is 17.9. The zero-order valence-corrected chi connectivity index (χ0v) is 18.2. The molecule has 1 heterocycles. The first kappa shape index (κ1) is 21.2. The molecular weight excluding hydrogens is 404 g/mol. The number of anilines is 2. The van der Waals surface area contributed by atoms with Crippen molar-refractivity contribution in [3.8, 4) is 5.75 Å². The molecule has 4 rings (SSSR count). The Labute approximate surface area is 186 Å². The van der Waals surface area contributed by atoms with Gasteiger partial charge in [0.15, 0.2) is 0 Å². The van der Waals surface area contributed by atoms with Gasteiger partial charge in [-0.15, -0.1) is 0 Å². The van der Waals surface area contributed by atoms with Gasteiger partial charge in [0.2, 0.25) is 5.91 Å². The second kappa shape index (κ2) is 8.98. The molecule has 0 aliphatic rings. The fraction of sp³-hybridized carbons (Fsp3) is 0.154. The molecule has 6 heteroatoms. The van der Waals surface area contributed by atoms with Gasteiger partial charge < -0.3 is 19.8 Å². The first-order chi connectivity index (χ1) is 15.4. The van der Waals surface area contributed by atoms with E-state index in [1.165, 1.54) is 0 Å². The second-order valence-electron chi connectivity index (χ2n) is 7.68. The van der Waals surface area contributed by atoms with Crippen molar-refractivity contribution in [1.82, 2.24) is 0 Å². The highest BCUT2D eigenvalue weighted by atomic mass is 16.5. The second-order valence-corrected chi connectivity index (χ2v) is 7.68. The molecule has 0 spiro atoms. The van der Waals surface area contributed by atoms with Crippen molar-refractivity contribution in [2.24, 2.45) is 0 Å². The van der Waals surface area contributed by atoms with E-state index in [0.29, 0.717) is 16.9 Å². The van der Waals surface area contributed by atoms with Crippen molar-refractivity contribution in [3.63, 3.8) is 0 Å². The van der Waals surface area contributed by atoms with Gasteiger partial charge in [-0.1, -0.05) is 0 Å². The van der Waals surface area contributed by atoms with E-state index in [-0.39, 0.29) is 18.2 Å². The number of amides is 2. The van der Waals surface area contributed by atoms with Crippen LogP contribution in [-0.2, 0) is 11.2 Å². The number of rotatable bonds is 6. The highest BCUT2D eigenvalue weighted by Gasteiger charge is 2.13. The Morgan fingerprint density at radius 2 is 1.50 bits per heavy atom. The maximum absolute atomic E-state index is 12.5. The molecule has 0 saturated heterocycles. The van der Waals surface area contributed by atoms with Gasteiger partial charge in [0, 0.05) is 27.9 Å². The fourth-order valence-corrected chi connectivity index (χ4v) is 3.43. The number of hydrogen-bond donors (Lipinski definition) is 2. The quantitative estimate of drug-likeness (QED) is 0.425. The van der Waals surface area contributed by atoms with Gasteiger partial charge in [-0.2, -0.15) is 0 Å². The van der Waals surface area contributed by atoms with Crippen LogP contribution in [0.3, 0.4) is 0 Å². The fourth-order valence-electron chi connectivity index (χ4n) is 3.43. The van der Waals surface area contributed by atoms with E-state index in [4.69, 9.17) is 9.15 Å². The van der Waals surface area contributed by atoms with Gasteiger partial charge in [0.1, 0.15) is 11.3 Å². The molecule has 1 aromatic heterocycles. The van der Waals surface area contributed by atoms with E-state index in [2.05, 4.69) is 10.6 Å². The van der Waals surface area contributed by atoms with Crippen LogP contribution in [0, 0.1) is 13.8 Å². The molecule has 0 bridgehead atoms. The average molecular weight is 428 g/mol. The minimum atomic E-state index is -0.233. The number of fused-ring (bicyclic) bond motifs is 1. The van der Waals surface area contributed by atoms with Crippen LogP contribution in [0.1, 0.15) is 27.0 Å². The summed E-state index contributed by atoms with van der Waals surface area (Å²) >= 11 is 0. The zero-order valence-electron chi connectivity index (χ0n) is 18.2. The summed E-state index contributed by atoms with van der Waals surface area (Å²) in [5.74, 6) is 0.335. The SMILES string of the molecule is COc1ccc(NC(=O)c2ccc(NC(=O)Cc3coc4cc(C)c(C)cc34)cc2)cc1. The van der Waals surface area contributed by atoms with Crippen LogP contribution in [-0.4, -0.2) is 18.9 Å². The molecule has 0 aliphatic carbocycles. The molecular formula is C26H24N2O4. The normalized spacial score (nSPS) is 10.7. The monoisotopic (exact) mass is 428 g/mol. The van der Waals surface area contributed by atoms with E-state index in [0.717, 1.165) is 33.4 Å². The Kier molecular flexibility index (Phi) is 5.94. The average Bonchev–Trinajstić information content (AvgIpc) is 3.16. The van der Waals surface area contributed by atoms with Crippen LogP contribution in [0.2, 0.25) is 0 Å². The van der Waals surface area contributed by atoms with Gasteiger partial charge in [-0.25, -0.2) is 0 Å². The lowest BCUT2D eigenvalue weighted by atomic mass is 10.0. The van der Waals surface area contributed by atoms with E-state index >= 15 is 0 Å². The molecule has 3 aromatic carbocycles. The summed E-state index contributed by atoms with van der Waals surface area (Å²) in [5.41, 5.74) is 5.72. The highest BCUT2D eigenvalue weighted by molar-refractivity contribution is 6.04. The summed E-state index contributed by atoms with van der Waals surface area (Å²) in [7, 11) is 1.59. The van der Waals surface area contributed by atoms with Crippen molar-refractivity contribution in [2.45, 2.75) is 20.3 Å². The van der Waals surface area contributed by atoms with Gasteiger partial charge >= 0.3 is 0 Å². The summed E-state index contributed by atoms with van der Waals surface area (Å²) in [6.45, 7) is 4.07. The van der Waals surface area contributed by atoms with Crippen LogP contribution >= 0.6 is 0 Å². The number of hydrogen-bond acceptors (Lipinski definition) is 4. The van der Waals surface area contributed by atoms with E-state index in [1.807, 2.05) is 26.0 Å². The topological polar surface area (TPSA) is 80.6 Å². The van der Waals surface area contributed by atoms with Crippen molar-refractivity contribution in [3.05, 3.63) is 89.2 Å². The third-order valence-electron chi connectivity index (χ3n) is 5.40. The number of nitrogens with one attached hydrogen (secondary N) is 2. The number of carbonyl (C=O) groups excluding carboxylic acids is 2. The maximum atomic E-state index is 12.5. The summed E-state index contributed by atoms with van der Waals surface area (Å²) in [5, 5.41) is 6.66. The molecule has 0 aliphatic heterocycles. The van der Waals surface area contributed by atoms with Crippen LogP contribution < -0.4 is 15.4 Å². The number of benzene rings is 3. The number of methoxy groups -OCH3 is 1. The molecule has 0 radical (unpaired) electrons. The summed E-state index contributed by atoms with van der Waals surface area (Å²) < 4.78 is 10.7. The Bertz CT molecular complexity index is 1270.